The van der Waals surface area contributed by atoms with Gasteiger partial charge in [-0.25, -0.2) is 0 Å². The first-order valence-corrected chi connectivity index (χ1v) is 7.06. The number of primary amides is 1. The topological polar surface area (TPSA) is 94.3 Å². The van der Waals surface area contributed by atoms with Crippen LogP contribution in [-0.2, 0) is 14.3 Å². The van der Waals surface area contributed by atoms with E-state index in [4.69, 9.17) is 10.5 Å². The zero-order valence-electron chi connectivity index (χ0n) is 12.4. The van der Waals surface area contributed by atoms with Crippen LogP contribution in [0.25, 0.3) is 10.8 Å². The van der Waals surface area contributed by atoms with E-state index in [1.807, 2.05) is 30.3 Å². The van der Waals surface area contributed by atoms with E-state index in [1.165, 1.54) is 0 Å². The van der Waals surface area contributed by atoms with Crippen molar-refractivity contribution in [1.29, 1.82) is 0 Å². The van der Waals surface area contributed by atoms with Crippen molar-refractivity contribution in [3.05, 3.63) is 42.2 Å². The van der Waals surface area contributed by atoms with E-state index in [0.29, 0.717) is 12.1 Å². The number of ether oxygens (including phenoxy) is 1. The quantitative estimate of drug-likeness (QED) is 0.806. The molecule has 2 rings (SSSR count). The van der Waals surface area contributed by atoms with E-state index in [-0.39, 0.29) is 18.9 Å². The predicted molar refractivity (Wildman–Crippen MR) is 82.9 cm³/mol. The summed E-state index contributed by atoms with van der Waals surface area (Å²) in [5.74, 6) is -0.641. The summed E-state index contributed by atoms with van der Waals surface area (Å²) < 4.78 is 5.66. The number of likely N-dealkylation sites (N-methyl/N-ethyl adjacent to an activating group) is 1. The number of nitrogens with one attached hydrogen (secondary N) is 1. The van der Waals surface area contributed by atoms with Crippen LogP contribution in [0.1, 0.15) is 24.6 Å². The lowest BCUT2D eigenvalue weighted by Gasteiger charge is -2.18. The second-order valence-corrected chi connectivity index (χ2v) is 4.90. The second-order valence-electron chi connectivity index (χ2n) is 4.90. The van der Waals surface area contributed by atoms with Crippen LogP contribution < -0.4 is 11.1 Å². The lowest BCUT2D eigenvalue weighted by molar-refractivity contribution is -0.127. The van der Waals surface area contributed by atoms with Gasteiger partial charge in [-0.15, -0.1) is 0 Å². The molecule has 1 atom stereocenters. The normalized spacial score (nSPS) is 12.0. The molecule has 1 heterocycles. The third-order valence-electron chi connectivity index (χ3n) is 3.36. The van der Waals surface area contributed by atoms with Gasteiger partial charge >= 0.3 is 0 Å². The number of hydrogen-bond donors (Lipinski definition) is 2. The molecule has 1 aromatic carbocycles. The molecule has 0 aliphatic heterocycles. The van der Waals surface area contributed by atoms with E-state index in [9.17, 15) is 9.59 Å². The van der Waals surface area contributed by atoms with Crippen molar-refractivity contribution >= 4 is 22.6 Å². The van der Waals surface area contributed by atoms with Crippen molar-refractivity contribution in [2.45, 2.75) is 18.9 Å². The van der Waals surface area contributed by atoms with Crippen molar-refractivity contribution < 1.29 is 14.3 Å². The second kappa shape index (κ2) is 7.51. The van der Waals surface area contributed by atoms with Crippen LogP contribution in [0.2, 0.25) is 0 Å². The maximum absolute atomic E-state index is 11.4. The number of nitrogens with two attached hydrogens (primary N) is 1. The molecule has 1 aromatic heterocycles. The van der Waals surface area contributed by atoms with Crippen molar-refractivity contribution in [2.75, 3.05) is 13.7 Å². The summed E-state index contributed by atoms with van der Waals surface area (Å²) in [6, 6.07) is 9.68. The molecule has 0 radical (unpaired) electrons. The SMILES string of the molecule is CNC(=O)COC(CCC(N)=O)c1nccc2ccccc12. The summed E-state index contributed by atoms with van der Waals surface area (Å²) in [6.07, 6.45) is 1.78. The molecule has 3 N–H and O–H groups in total. The highest BCUT2D eigenvalue weighted by Gasteiger charge is 2.18. The summed E-state index contributed by atoms with van der Waals surface area (Å²) in [7, 11) is 1.54. The summed E-state index contributed by atoms with van der Waals surface area (Å²) in [6.45, 7) is -0.0924. The molecular weight excluding hydrogens is 282 g/mol. The zero-order chi connectivity index (χ0) is 15.9. The van der Waals surface area contributed by atoms with Gasteiger partial charge in [0.2, 0.25) is 11.8 Å². The zero-order valence-corrected chi connectivity index (χ0v) is 12.4. The first kappa shape index (κ1) is 15.9. The number of fused-ring (bicyclic) bond motifs is 1. The van der Waals surface area contributed by atoms with Gasteiger partial charge in [-0.05, 0) is 17.9 Å². The molecule has 0 fully saturated rings. The number of hydrogen-bond acceptors (Lipinski definition) is 4. The highest BCUT2D eigenvalue weighted by atomic mass is 16.5. The number of pyridine rings is 1. The number of benzene rings is 1. The first-order chi connectivity index (χ1) is 10.6. The Bertz CT molecular complexity index is 667. The van der Waals surface area contributed by atoms with Crippen molar-refractivity contribution in [3.8, 4) is 0 Å². The van der Waals surface area contributed by atoms with E-state index < -0.39 is 12.0 Å². The Balaban J connectivity index is 2.28. The number of nitrogens with zero attached hydrogens (tertiary/aromatic N) is 1. The Labute approximate surface area is 128 Å². The van der Waals surface area contributed by atoms with Gasteiger partial charge < -0.3 is 15.8 Å². The Morgan fingerprint density at radius 2 is 2.09 bits per heavy atom. The predicted octanol–water partition coefficient (Wildman–Crippen LogP) is 1.30. The van der Waals surface area contributed by atoms with Crippen LogP contribution in [0.4, 0.5) is 0 Å². The minimum atomic E-state index is -0.462. The minimum absolute atomic E-state index is 0.0924. The molecule has 0 bridgehead atoms. The van der Waals surface area contributed by atoms with Crippen LogP contribution in [0.3, 0.4) is 0 Å². The van der Waals surface area contributed by atoms with Gasteiger partial charge in [0.05, 0.1) is 5.69 Å². The maximum atomic E-state index is 11.4. The standard InChI is InChI=1S/C16H19N3O3/c1-18-15(21)10-22-13(6-7-14(17)20)16-12-5-3-2-4-11(12)8-9-19-16/h2-5,8-9,13H,6-7,10H2,1H3,(H2,17,20)(H,18,21). The molecule has 0 aliphatic carbocycles. The van der Waals surface area contributed by atoms with Crippen LogP contribution in [0.15, 0.2) is 36.5 Å². The molecule has 2 amide bonds. The van der Waals surface area contributed by atoms with Gasteiger partial charge in [-0.3, -0.25) is 14.6 Å². The van der Waals surface area contributed by atoms with Gasteiger partial charge in [0.1, 0.15) is 12.7 Å². The highest BCUT2D eigenvalue weighted by Crippen LogP contribution is 2.27. The fourth-order valence-electron chi connectivity index (χ4n) is 2.22. The van der Waals surface area contributed by atoms with E-state index in [2.05, 4.69) is 10.3 Å². The Morgan fingerprint density at radius 1 is 1.32 bits per heavy atom. The molecule has 1 unspecified atom stereocenters. The summed E-state index contributed by atoms with van der Waals surface area (Å²) in [5.41, 5.74) is 5.93. The Morgan fingerprint density at radius 3 is 2.82 bits per heavy atom. The Hall–Kier alpha value is -2.47. The van der Waals surface area contributed by atoms with Crippen molar-refractivity contribution in [1.82, 2.24) is 10.3 Å². The number of carbonyl (C=O) groups is 2. The lowest BCUT2D eigenvalue weighted by atomic mass is 10.0. The maximum Gasteiger partial charge on any atom is 0.245 e. The van der Waals surface area contributed by atoms with Crippen LogP contribution in [0, 0.1) is 0 Å². The number of amides is 2. The number of aromatic nitrogens is 1. The molecule has 0 saturated carbocycles. The molecular formula is C16H19N3O3. The fraction of sp³-hybridized carbons (Fsp3) is 0.312. The van der Waals surface area contributed by atoms with Gasteiger partial charge in [0.25, 0.3) is 0 Å². The van der Waals surface area contributed by atoms with Crippen LogP contribution in [0.5, 0.6) is 0 Å². The van der Waals surface area contributed by atoms with E-state index in [1.54, 1.807) is 13.2 Å². The van der Waals surface area contributed by atoms with Crippen LogP contribution in [-0.4, -0.2) is 30.5 Å². The smallest absolute Gasteiger partial charge is 0.245 e. The average molecular weight is 301 g/mol. The van der Waals surface area contributed by atoms with E-state index in [0.717, 1.165) is 10.8 Å². The van der Waals surface area contributed by atoms with Gasteiger partial charge in [-0.1, -0.05) is 24.3 Å². The number of rotatable bonds is 7. The number of carbonyl (C=O) groups excluding carboxylic acids is 2. The van der Waals surface area contributed by atoms with Gasteiger partial charge in [0, 0.05) is 25.1 Å². The molecule has 0 aliphatic rings. The third kappa shape index (κ3) is 4.02. The van der Waals surface area contributed by atoms with Gasteiger partial charge in [0.15, 0.2) is 0 Å². The van der Waals surface area contributed by atoms with Crippen molar-refractivity contribution in [2.24, 2.45) is 5.73 Å². The first-order valence-electron chi connectivity index (χ1n) is 7.06. The lowest BCUT2D eigenvalue weighted by Crippen LogP contribution is -2.25. The van der Waals surface area contributed by atoms with E-state index >= 15 is 0 Å². The third-order valence-corrected chi connectivity index (χ3v) is 3.36. The molecule has 116 valence electrons. The molecule has 0 saturated heterocycles. The molecule has 6 heteroatoms. The average Bonchev–Trinajstić information content (AvgIpc) is 2.54. The Kier molecular flexibility index (Phi) is 5.43. The highest BCUT2D eigenvalue weighted by molar-refractivity contribution is 5.84. The monoisotopic (exact) mass is 301 g/mol. The van der Waals surface area contributed by atoms with Gasteiger partial charge in [-0.2, -0.15) is 0 Å². The molecule has 0 spiro atoms. The molecule has 6 nitrogen and oxygen atoms in total. The fourth-order valence-corrected chi connectivity index (χ4v) is 2.22. The van der Waals surface area contributed by atoms with Crippen molar-refractivity contribution in [3.63, 3.8) is 0 Å². The largest absolute Gasteiger partial charge is 0.370 e. The summed E-state index contributed by atoms with van der Waals surface area (Å²) in [5, 5.41) is 4.47. The minimum Gasteiger partial charge on any atom is -0.370 e. The summed E-state index contributed by atoms with van der Waals surface area (Å²) >= 11 is 0. The summed E-state index contributed by atoms with van der Waals surface area (Å²) in [4.78, 5) is 26.8. The molecule has 22 heavy (non-hydrogen) atoms. The molecule has 2 aromatic rings. The van der Waals surface area contributed by atoms with Crippen LogP contribution >= 0.6 is 0 Å².